The highest BCUT2D eigenvalue weighted by atomic mass is 32.2. The molecular weight excluding hydrogens is 227 g/mol. The topological polar surface area (TPSA) is 37.3 Å². The van der Waals surface area contributed by atoms with Crippen molar-refractivity contribution in [1.29, 1.82) is 0 Å². The number of aliphatic carboxylic acids is 1. The molecule has 1 N–H and O–H groups in total. The Morgan fingerprint density at radius 1 is 1.25 bits per heavy atom. The molecular formula is C12H23FO2S. The summed E-state index contributed by atoms with van der Waals surface area (Å²) in [5.74, 6) is 0.293. The fraction of sp³-hybridized carbons (Fsp3) is 0.917. The Morgan fingerprint density at radius 3 is 2.31 bits per heavy atom. The van der Waals surface area contributed by atoms with Gasteiger partial charge in [-0.25, -0.2) is 4.39 Å². The second-order valence-electron chi connectivity index (χ2n) is 4.50. The summed E-state index contributed by atoms with van der Waals surface area (Å²) in [6.45, 7) is 5.43. The number of rotatable bonds is 9. The number of hydrogen-bond acceptors (Lipinski definition) is 2. The molecule has 0 radical (unpaired) electrons. The van der Waals surface area contributed by atoms with Gasteiger partial charge in [0.25, 0.3) is 0 Å². The summed E-state index contributed by atoms with van der Waals surface area (Å²) in [5.41, 5.74) is 0. The fourth-order valence-electron chi connectivity index (χ4n) is 1.46. The van der Waals surface area contributed by atoms with Gasteiger partial charge in [0.15, 0.2) is 0 Å². The third kappa shape index (κ3) is 7.97. The van der Waals surface area contributed by atoms with E-state index in [2.05, 4.69) is 0 Å². The first-order valence-corrected chi connectivity index (χ1v) is 6.98. The maximum absolute atomic E-state index is 12.5. The van der Waals surface area contributed by atoms with Crippen molar-refractivity contribution in [2.24, 2.45) is 5.92 Å². The van der Waals surface area contributed by atoms with Crippen molar-refractivity contribution >= 4 is 17.7 Å². The molecule has 0 aliphatic heterocycles. The number of unbranched alkanes of at least 4 members (excludes halogenated alkanes) is 2. The summed E-state index contributed by atoms with van der Waals surface area (Å²) < 4.78 is 12.5. The third-order valence-corrected chi connectivity index (χ3v) is 4.02. The van der Waals surface area contributed by atoms with Gasteiger partial charge in [0.1, 0.15) is 5.25 Å². The van der Waals surface area contributed by atoms with Gasteiger partial charge in [0, 0.05) is 0 Å². The molecule has 0 aromatic rings. The smallest absolute Gasteiger partial charge is 0.316 e. The number of thioether (sulfide) groups is 1. The zero-order valence-corrected chi connectivity index (χ0v) is 11.2. The molecule has 0 fully saturated rings. The van der Waals surface area contributed by atoms with E-state index in [-0.39, 0.29) is 11.2 Å². The second-order valence-corrected chi connectivity index (χ2v) is 5.75. The zero-order valence-electron chi connectivity index (χ0n) is 10.4. The largest absolute Gasteiger partial charge is 0.480 e. The SMILES string of the molecule is CC(F)CCCCCSC(C(=O)O)C(C)C. The zero-order chi connectivity index (χ0) is 12.6. The van der Waals surface area contributed by atoms with E-state index in [1.165, 1.54) is 11.8 Å². The van der Waals surface area contributed by atoms with E-state index < -0.39 is 12.1 Å². The fourth-order valence-corrected chi connectivity index (χ4v) is 2.62. The summed E-state index contributed by atoms with van der Waals surface area (Å²) in [6, 6.07) is 0. The van der Waals surface area contributed by atoms with E-state index in [1.54, 1.807) is 6.92 Å². The molecule has 2 atom stereocenters. The molecule has 0 amide bonds. The summed E-state index contributed by atoms with van der Waals surface area (Å²) in [4.78, 5) is 10.9. The van der Waals surface area contributed by atoms with Crippen LogP contribution in [0.25, 0.3) is 0 Å². The van der Waals surface area contributed by atoms with Crippen molar-refractivity contribution in [2.75, 3.05) is 5.75 Å². The Morgan fingerprint density at radius 2 is 1.88 bits per heavy atom. The lowest BCUT2D eigenvalue weighted by atomic mass is 10.1. The summed E-state index contributed by atoms with van der Waals surface area (Å²) in [6.07, 6.45) is 2.78. The average molecular weight is 250 g/mol. The molecule has 2 nitrogen and oxygen atoms in total. The van der Waals surface area contributed by atoms with Crippen LogP contribution in [0.5, 0.6) is 0 Å². The lowest BCUT2D eigenvalue weighted by Gasteiger charge is -2.15. The molecule has 0 rings (SSSR count). The van der Waals surface area contributed by atoms with Gasteiger partial charge in [-0.05, 0) is 31.4 Å². The van der Waals surface area contributed by atoms with Crippen molar-refractivity contribution < 1.29 is 14.3 Å². The minimum Gasteiger partial charge on any atom is -0.480 e. The van der Waals surface area contributed by atoms with Gasteiger partial charge < -0.3 is 5.11 Å². The Balaban J connectivity index is 3.52. The predicted molar refractivity (Wildman–Crippen MR) is 67.8 cm³/mol. The molecule has 0 aliphatic rings. The molecule has 96 valence electrons. The maximum Gasteiger partial charge on any atom is 0.316 e. The number of alkyl halides is 1. The van der Waals surface area contributed by atoms with E-state index in [4.69, 9.17) is 5.11 Å². The van der Waals surface area contributed by atoms with Crippen LogP contribution in [0, 0.1) is 5.92 Å². The predicted octanol–water partition coefficient (Wildman–Crippen LogP) is 3.75. The Hall–Kier alpha value is -0.250. The monoisotopic (exact) mass is 250 g/mol. The van der Waals surface area contributed by atoms with E-state index in [0.717, 1.165) is 25.0 Å². The van der Waals surface area contributed by atoms with E-state index in [0.29, 0.717) is 6.42 Å². The van der Waals surface area contributed by atoms with Gasteiger partial charge in [0.05, 0.1) is 6.17 Å². The normalized spacial score (nSPS) is 15.1. The molecule has 4 heteroatoms. The average Bonchev–Trinajstić information content (AvgIpc) is 2.14. The van der Waals surface area contributed by atoms with Gasteiger partial charge >= 0.3 is 5.97 Å². The van der Waals surface area contributed by atoms with Gasteiger partial charge in [-0.15, -0.1) is 11.8 Å². The van der Waals surface area contributed by atoms with Gasteiger partial charge in [0.2, 0.25) is 0 Å². The Bertz CT molecular complexity index is 195. The Kier molecular flexibility index (Phi) is 8.71. The number of carbonyl (C=O) groups is 1. The molecule has 2 unspecified atom stereocenters. The van der Waals surface area contributed by atoms with Crippen molar-refractivity contribution in [3.05, 3.63) is 0 Å². The minimum absolute atomic E-state index is 0.161. The highest BCUT2D eigenvalue weighted by Crippen LogP contribution is 2.21. The third-order valence-electron chi connectivity index (χ3n) is 2.39. The Labute approximate surface area is 102 Å². The van der Waals surface area contributed by atoms with Crippen LogP contribution in [-0.4, -0.2) is 28.3 Å². The minimum atomic E-state index is -0.725. The molecule has 0 aromatic carbocycles. The number of hydrogen-bond donors (Lipinski definition) is 1. The first-order chi connectivity index (χ1) is 7.45. The summed E-state index contributed by atoms with van der Waals surface area (Å²) in [5, 5.41) is 8.64. The van der Waals surface area contributed by atoms with Crippen LogP contribution in [-0.2, 0) is 4.79 Å². The van der Waals surface area contributed by atoms with Crippen LogP contribution in [0.4, 0.5) is 4.39 Å². The van der Waals surface area contributed by atoms with Crippen LogP contribution in [0.2, 0.25) is 0 Å². The standard InChI is InChI=1S/C12H23FO2S/c1-9(2)11(12(14)15)16-8-6-4-5-7-10(3)13/h9-11H,4-8H2,1-3H3,(H,14,15). The van der Waals surface area contributed by atoms with Crippen molar-refractivity contribution in [3.8, 4) is 0 Å². The van der Waals surface area contributed by atoms with Gasteiger partial charge in [-0.3, -0.25) is 4.79 Å². The molecule has 0 aliphatic carbocycles. The summed E-state index contributed by atoms with van der Waals surface area (Å²) >= 11 is 1.50. The lowest BCUT2D eigenvalue weighted by molar-refractivity contribution is -0.137. The molecule has 0 saturated heterocycles. The second kappa shape index (κ2) is 8.85. The molecule has 0 heterocycles. The van der Waals surface area contributed by atoms with Crippen LogP contribution < -0.4 is 0 Å². The van der Waals surface area contributed by atoms with Crippen LogP contribution in [0.1, 0.15) is 46.5 Å². The van der Waals surface area contributed by atoms with E-state index in [1.807, 2.05) is 13.8 Å². The van der Waals surface area contributed by atoms with Gasteiger partial charge in [-0.2, -0.15) is 0 Å². The first-order valence-electron chi connectivity index (χ1n) is 5.93. The number of carboxylic acid groups (broad SMARTS) is 1. The highest BCUT2D eigenvalue weighted by molar-refractivity contribution is 8.00. The van der Waals surface area contributed by atoms with Crippen molar-refractivity contribution in [3.63, 3.8) is 0 Å². The quantitative estimate of drug-likeness (QED) is 0.633. The van der Waals surface area contributed by atoms with Gasteiger partial charge in [-0.1, -0.05) is 26.7 Å². The lowest BCUT2D eigenvalue weighted by Crippen LogP contribution is -2.22. The highest BCUT2D eigenvalue weighted by Gasteiger charge is 2.21. The molecule has 0 aromatic heterocycles. The number of halogens is 1. The van der Waals surface area contributed by atoms with Crippen molar-refractivity contribution in [1.82, 2.24) is 0 Å². The number of carboxylic acids is 1. The van der Waals surface area contributed by atoms with E-state index >= 15 is 0 Å². The molecule has 0 bridgehead atoms. The van der Waals surface area contributed by atoms with Crippen LogP contribution >= 0.6 is 11.8 Å². The molecule has 0 spiro atoms. The summed E-state index contributed by atoms with van der Waals surface area (Å²) in [7, 11) is 0. The van der Waals surface area contributed by atoms with Crippen molar-refractivity contribution in [2.45, 2.75) is 57.9 Å². The maximum atomic E-state index is 12.5. The molecule has 0 saturated carbocycles. The molecule has 16 heavy (non-hydrogen) atoms. The van der Waals surface area contributed by atoms with E-state index in [9.17, 15) is 9.18 Å². The van der Waals surface area contributed by atoms with Crippen LogP contribution in [0.15, 0.2) is 0 Å². The van der Waals surface area contributed by atoms with Crippen LogP contribution in [0.3, 0.4) is 0 Å². The first kappa shape index (κ1) is 15.8.